The molecular formula is C19H19N3O4. The third kappa shape index (κ3) is 4.18. The molecule has 0 atom stereocenters. The number of benzene rings is 2. The first-order valence-electron chi connectivity index (χ1n) is 8.08. The lowest BCUT2D eigenvalue weighted by Crippen LogP contribution is -2.25. The molecule has 0 aliphatic heterocycles. The van der Waals surface area contributed by atoms with Crippen LogP contribution in [-0.4, -0.2) is 36.9 Å². The van der Waals surface area contributed by atoms with E-state index < -0.39 is 0 Å². The summed E-state index contributed by atoms with van der Waals surface area (Å²) in [5.41, 5.74) is 1.32. The van der Waals surface area contributed by atoms with E-state index in [1.165, 1.54) is 14.2 Å². The molecule has 3 rings (SSSR count). The molecule has 1 N–H and O–H groups in total. The molecule has 0 bridgehead atoms. The van der Waals surface area contributed by atoms with Crippen LogP contribution < -0.4 is 14.8 Å². The van der Waals surface area contributed by atoms with Crippen LogP contribution in [0, 0.1) is 0 Å². The number of aromatic nitrogens is 2. The summed E-state index contributed by atoms with van der Waals surface area (Å²) in [6.45, 7) is 0.370. The van der Waals surface area contributed by atoms with E-state index in [-0.39, 0.29) is 5.91 Å². The summed E-state index contributed by atoms with van der Waals surface area (Å²) in [5.74, 6) is 1.81. The Labute approximate surface area is 151 Å². The van der Waals surface area contributed by atoms with E-state index in [1.54, 1.807) is 18.2 Å². The Morgan fingerprint density at radius 3 is 2.38 bits per heavy atom. The lowest BCUT2D eigenvalue weighted by Gasteiger charge is -2.08. The third-order valence-corrected chi connectivity index (χ3v) is 3.73. The molecule has 134 valence electrons. The number of rotatable bonds is 7. The minimum absolute atomic E-state index is 0.231. The standard InChI is InChI=1S/C19H19N3O4/c1-24-15-10-14(11-16(12-15)25-2)18(23)20-9-8-17-21-22-19(26-17)13-6-4-3-5-7-13/h3-7,10-12H,8-9H2,1-2H3,(H,20,23). The zero-order chi connectivity index (χ0) is 18.4. The van der Waals surface area contributed by atoms with Crippen molar-refractivity contribution in [3.63, 3.8) is 0 Å². The molecule has 0 aliphatic carbocycles. The van der Waals surface area contributed by atoms with Crippen LogP contribution in [0.4, 0.5) is 0 Å². The number of methoxy groups -OCH3 is 2. The van der Waals surface area contributed by atoms with Crippen molar-refractivity contribution in [2.45, 2.75) is 6.42 Å². The van der Waals surface area contributed by atoms with Crippen molar-refractivity contribution < 1.29 is 18.7 Å². The van der Waals surface area contributed by atoms with E-state index in [0.717, 1.165) is 5.56 Å². The summed E-state index contributed by atoms with van der Waals surface area (Å²) >= 11 is 0. The highest BCUT2D eigenvalue weighted by Crippen LogP contribution is 2.22. The van der Waals surface area contributed by atoms with Crippen LogP contribution in [0.2, 0.25) is 0 Å². The summed E-state index contributed by atoms with van der Waals surface area (Å²) in [7, 11) is 3.08. The van der Waals surface area contributed by atoms with Gasteiger partial charge in [0.15, 0.2) is 0 Å². The molecule has 0 radical (unpaired) electrons. The topological polar surface area (TPSA) is 86.5 Å². The van der Waals surface area contributed by atoms with E-state index >= 15 is 0 Å². The van der Waals surface area contributed by atoms with E-state index in [2.05, 4.69) is 15.5 Å². The molecule has 1 heterocycles. The lowest BCUT2D eigenvalue weighted by atomic mass is 10.2. The second-order valence-electron chi connectivity index (χ2n) is 5.47. The number of carbonyl (C=O) groups excluding carboxylic acids is 1. The van der Waals surface area contributed by atoms with Crippen LogP contribution >= 0.6 is 0 Å². The number of amides is 1. The van der Waals surface area contributed by atoms with Gasteiger partial charge in [0.2, 0.25) is 11.8 Å². The molecule has 3 aromatic rings. The van der Waals surface area contributed by atoms with Gasteiger partial charge in [-0.2, -0.15) is 0 Å². The summed E-state index contributed by atoms with van der Waals surface area (Å²) in [4.78, 5) is 12.3. The average Bonchev–Trinajstić information content (AvgIpc) is 3.17. The highest BCUT2D eigenvalue weighted by molar-refractivity contribution is 5.95. The molecule has 7 heteroatoms. The fraction of sp³-hybridized carbons (Fsp3) is 0.211. The van der Waals surface area contributed by atoms with Gasteiger partial charge in [-0.25, -0.2) is 0 Å². The van der Waals surface area contributed by atoms with Crippen LogP contribution in [0.15, 0.2) is 52.9 Å². The molecule has 2 aromatic carbocycles. The molecule has 0 saturated heterocycles. The smallest absolute Gasteiger partial charge is 0.251 e. The van der Waals surface area contributed by atoms with Crippen molar-refractivity contribution in [1.29, 1.82) is 0 Å². The maximum Gasteiger partial charge on any atom is 0.251 e. The first kappa shape index (κ1) is 17.5. The van der Waals surface area contributed by atoms with Gasteiger partial charge < -0.3 is 19.2 Å². The predicted octanol–water partition coefficient (Wildman–Crippen LogP) is 2.73. The Bertz CT molecular complexity index is 855. The fourth-order valence-corrected chi connectivity index (χ4v) is 2.38. The average molecular weight is 353 g/mol. The van der Waals surface area contributed by atoms with Crippen LogP contribution in [0.1, 0.15) is 16.2 Å². The van der Waals surface area contributed by atoms with Crippen LogP contribution in [0.5, 0.6) is 11.5 Å². The molecule has 0 saturated carbocycles. The van der Waals surface area contributed by atoms with Gasteiger partial charge in [0, 0.05) is 30.2 Å². The maximum absolute atomic E-state index is 12.3. The summed E-state index contributed by atoms with van der Waals surface area (Å²) < 4.78 is 16.0. The number of nitrogens with zero attached hydrogens (tertiary/aromatic N) is 2. The largest absolute Gasteiger partial charge is 0.497 e. The highest BCUT2D eigenvalue weighted by atomic mass is 16.5. The zero-order valence-corrected chi connectivity index (χ0v) is 14.6. The van der Waals surface area contributed by atoms with Crippen LogP contribution in [0.3, 0.4) is 0 Å². The van der Waals surface area contributed by atoms with Crippen molar-refractivity contribution in [3.8, 4) is 23.0 Å². The highest BCUT2D eigenvalue weighted by Gasteiger charge is 2.11. The number of carbonyl (C=O) groups is 1. The normalized spacial score (nSPS) is 10.4. The molecular weight excluding hydrogens is 334 g/mol. The van der Waals surface area contributed by atoms with E-state index in [1.807, 2.05) is 30.3 Å². The Morgan fingerprint density at radius 1 is 1.04 bits per heavy atom. The molecule has 0 fully saturated rings. The SMILES string of the molecule is COc1cc(OC)cc(C(=O)NCCc2nnc(-c3ccccc3)o2)c1. The molecule has 1 amide bonds. The van der Waals surface area contributed by atoms with Crippen LogP contribution in [-0.2, 0) is 6.42 Å². The Kier molecular flexibility index (Phi) is 5.48. The predicted molar refractivity (Wildman–Crippen MR) is 95.3 cm³/mol. The minimum atomic E-state index is -0.231. The number of nitrogens with one attached hydrogen (secondary N) is 1. The maximum atomic E-state index is 12.3. The number of ether oxygens (including phenoxy) is 2. The molecule has 26 heavy (non-hydrogen) atoms. The summed E-state index contributed by atoms with van der Waals surface area (Å²) in [6, 6.07) is 14.5. The molecule has 1 aromatic heterocycles. The van der Waals surface area contributed by atoms with Crippen molar-refractivity contribution in [2.75, 3.05) is 20.8 Å². The first-order valence-corrected chi connectivity index (χ1v) is 8.08. The van der Waals surface area contributed by atoms with Gasteiger partial charge in [0.05, 0.1) is 14.2 Å². The van der Waals surface area contributed by atoms with Gasteiger partial charge in [0.1, 0.15) is 11.5 Å². The molecule has 0 unspecified atom stereocenters. The lowest BCUT2D eigenvalue weighted by molar-refractivity contribution is 0.0953. The van der Waals surface area contributed by atoms with Gasteiger partial charge in [-0.3, -0.25) is 4.79 Å². The number of hydrogen-bond acceptors (Lipinski definition) is 6. The molecule has 0 aliphatic rings. The van der Waals surface area contributed by atoms with Crippen LogP contribution in [0.25, 0.3) is 11.5 Å². The van der Waals surface area contributed by atoms with Crippen molar-refractivity contribution >= 4 is 5.91 Å². The third-order valence-electron chi connectivity index (χ3n) is 3.73. The second kappa shape index (κ2) is 8.15. The molecule has 0 spiro atoms. The first-order chi connectivity index (χ1) is 12.7. The Hall–Kier alpha value is -3.35. The fourth-order valence-electron chi connectivity index (χ4n) is 2.38. The van der Waals surface area contributed by atoms with E-state index in [9.17, 15) is 4.79 Å². The van der Waals surface area contributed by atoms with Gasteiger partial charge in [-0.15, -0.1) is 10.2 Å². The zero-order valence-electron chi connectivity index (χ0n) is 14.6. The summed E-state index contributed by atoms with van der Waals surface area (Å²) in [5, 5.41) is 10.9. The van der Waals surface area contributed by atoms with Gasteiger partial charge in [0.25, 0.3) is 5.91 Å². The minimum Gasteiger partial charge on any atom is -0.497 e. The quantitative estimate of drug-likeness (QED) is 0.703. The number of hydrogen-bond donors (Lipinski definition) is 1. The van der Waals surface area contributed by atoms with Crippen molar-refractivity contribution in [3.05, 3.63) is 60.0 Å². The Balaban J connectivity index is 1.58. The van der Waals surface area contributed by atoms with Crippen molar-refractivity contribution in [2.24, 2.45) is 0 Å². The molecule has 7 nitrogen and oxygen atoms in total. The Morgan fingerprint density at radius 2 is 1.73 bits per heavy atom. The van der Waals surface area contributed by atoms with Gasteiger partial charge >= 0.3 is 0 Å². The second-order valence-corrected chi connectivity index (χ2v) is 5.47. The summed E-state index contributed by atoms with van der Waals surface area (Å²) in [6.07, 6.45) is 0.437. The van der Waals surface area contributed by atoms with Gasteiger partial charge in [-0.1, -0.05) is 18.2 Å². The van der Waals surface area contributed by atoms with Gasteiger partial charge in [-0.05, 0) is 24.3 Å². The van der Waals surface area contributed by atoms with Crippen molar-refractivity contribution in [1.82, 2.24) is 15.5 Å². The monoisotopic (exact) mass is 353 g/mol. The van der Waals surface area contributed by atoms with E-state index in [0.29, 0.717) is 41.8 Å². The van der Waals surface area contributed by atoms with E-state index in [4.69, 9.17) is 13.9 Å².